The molecule has 0 saturated carbocycles. The molecule has 0 saturated heterocycles. The van der Waals surface area contributed by atoms with Gasteiger partial charge in [-0.15, -0.1) is 0 Å². The van der Waals surface area contributed by atoms with E-state index in [0.29, 0.717) is 0 Å². The van der Waals surface area contributed by atoms with Crippen LogP contribution in [-0.2, 0) is 20.8 Å². The lowest BCUT2D eigenvalue weighted by molar-refractivity contribution is -0.213. The Labute approximate surface area is 135 Å². The Balaban J connectivity index is 2.77. The van der Waals surface area contributed by atoms with E-state index in [4.69, 9.17) is 0 Å². The van der Waals surface area contributed by atoms with Crippen LogP contribution in [0.4, 0.5) is 0 Å². The number of phenols is 2. The van der Waals surface area contributed by atoms with Gasteiger partial charge in [0, 0.05) is 0 Å². The number of carboxylic acids is 2. The first kappa shape index (κ1) is 17.3. The summed E-state index contributed by atoms with van der Waals surface area (Å²) in [5, 5.41) is 58.9. The fourth-order valence-electron chi connectivity index (χ4n) is 2.38. The lowest BCUT2D eigenvalue weighted by Crippen LogP contribution is -2.59. The zero-order chi connectivity index (χ0) is 18.1. The second-order valence-corrected chi connectivity index (χ2v) is 5.12. The summed E-state index contributed by atoms with van der Waals surface area (Å²) in [6, 6.07) is 8.11. The van der Waals surface area contributed by atoms with Gasteiger partial charge in [-0.05, 0) is 35.4 Å². The minimum Gasteiger partial charge on any atom is -0.508 e. The van der Waals surface area contributed by atoms with Crippen LogP contribution >= 0.6 is 0 Å². The van der Waals surface area contributed by atoms with E-state index in [2.05, 4.69) is 0 Å². The number of aromatic hydroxyl groups is 2. The molecule has 2 aromatic carbocycles. The summed E-state index contributed by atoms with van der Waals surface area (Å²) < 4.78 is 0. The van der Waals surface area contributed by atoms with Crippen molar-refractivity contribution in [1.29, 1.82) is 0 Å². The van der Waals surface area contributed by atoms with Gasteiger partial charge in [-0.1, -0.05) is 24.3 Å². The summed E-state index contributed by atoms with van der Waals surface area (Å²) in [7, 11) is 0. The first-order valence-corrected chi connectivity index (χ1v) is 6.64. The molecule has 0 spiro atoms. The third-order valence-corrected chi connectivity index (χ3v) is 3.71. The van der Waals surface area contributed by atoms with Crippen molar-refractivity contribution >= 4 is 11.9 Å². The van der Waals surface area contributed by atoms with Crippen LogP contribution in [0.1, 0.15) is 11.1 Å². The van der Waals surface area contributed by atoms with Crippen LogP contribution in [-0.4, -0.2) is 42.6 Å². The predicted octanol–water partition coefficient (Wildman–Crippen LogP) is 0.342. The van der Waals surface area contributed by atoms with Crippen LogP contribution in [0.2, 0.25) is 0 Å². The van der Waals surface area contributed by atoms with Gasteiger partial charge in [-0.25, -0.2) is 9.59 Å². The third-order valence-electron chi connectivity index (χ3n) is 3.71. The fourth-order valence-corrected chi connectivity index (χ4v) is 2.38. The number of hydrogen-bond donors (Lipinski definition) is 6. The maximum Gasteiger partial charge on any atom is 0.344 e. The van der Waals surface area contributed by atoms with E-state index in [-0.39, 0.29) is 11.5 Å². The van der Waals surface area contributed by atoms with E-state index in [1.165, 1.54) is 0 Å². The molecule has 0 aliphatic heterocycles. The summed E-state index contributed by atoms with van der Waals surface area (Å²) in [6.07, 6.45) is 0. The molecule has 24 heavy (non-hydrogen) atoms. The van der Waals surface area contributed by atoms with Gasteiger partial charge in [0.2, 0.25) is 11.2 Å². The second-order valence-electron chi connectivity index (χ2n) is 5.12. The number of rotatable bonds is 5. The molecule has 126 valence electrons. The quantitative estimate of drug-likeness (QED) is 0.457. The van der Waals surface area contributed by atoms with E-state index in [9.17, 15) is 40.2 Å². The minimum absolute atomic E-state index is 0.241. The maximum atomic E-state index is 11.7. The fraction of sp³-hybridized carbons (Fsp3) is 0.125. The van der Waals surface area contributed by atoms with Gasteiger partial charge in [0.1, 0.15) is 11.5 Å². The molecule has 2 unspecified atom stereocenters. The monoisotopic (exact) mass is 334 g/mol. The van der Waals surface area contributed by atoms with Crippen molar-refractivity contribution in [3.8, 4) is 11.5 Å². The molecule has 8 nitrogen and oxygen atoms in total. The highest BCUT2D eigenvalue weighted by molar-refractivity contribution is 5.92. The number of hydrogen-bond acceptors (Lipinski definition) is 6. The van der Waals surface area contributed by atoms with Crippen LogP contribution in [0.15, 0.2) is 48.5 Å². The Morgan fingerprint density at radius 2 is 0.875 bits per heavy atom. The zero-order valence-corrected chi connectivity index (χ0v) is 12.1. The summed E-state index contributed by atoms with van der Waals surface area (Å²) in [4.78, 5) is 23.4. The average molecular weight is 334 g/mol. The van der Waals surface area contributed by atoms with E-state index in [1.807, 2.05) is 0 Å². The highest BCUT2D eigenvalue weighted by Crippen LogP contribution is 2.42. The minimum atomic E-state index is -3.26. The second kappa shape index (κ2) is 5.84. The first-order valence-electron chi connectivity index (χ1n) is 6.64. The molecule has 2 rings (SSSR count). The highest BCUT2D eigenvalue weighted by atomic mass is 16.5. The first-order chi connectivity index (χ1) is 11.1. The molecule has 2 aromatic rings. The van der Waals surface area contributed by atoms with Crippen LogP contribution < -0.4 is 0 Å². The van der Waals surface area contributed by atoms with Gasteiger partial charge in [0.05, 0.1) is 0 Å². The summed E-state index contributed by atoms with van der Waals surface area (Å²) in [6.45, 7) is 0. The van der Waals surface area contributed by atoms with Crippen LogP contribution in [0.5, 0.6) is 11.5 Å². The molecule has 2 atom stereocenters. The number of aliphatic carboxylic acids is 2. The van der Waals surface area contributed by atoms with E-state index >= 15 is 0 Å². The molecule has 0 aromatic heterocycles. The maximum absolute atomic E-state index is 11.7. The lowest BCUT2D eigenvalue weighted by atomic mass is 9.73. The SMILES string of the molecule is O=C(O)C(O)(c1ccc(O)cc1)C(O)(C(=O)O)c1ccc(O)cc1. The molecule has 0 radical (unpaired) electrons. The van der Waals surface area contributed by atoms with Crippen molar-refractivity contribution in [1.82, 2.24) is 0 Å². The summed E-state index contributed by atoms with van der Waals surface area (Å²) in [5.74, 6) is -4.50. The van der Waals surface area contributed by atoms with Gasteiger partial charge < -0.3 is 30.6 Å². The molecular formula is C16H14O8. The van der Waals surface area contributed by atoms with Crippen molar-refractivity contribution in [2.45, 2.75) is 11.2 Å². The zero-order valence-electron chi connectivity index (χ0n) is 12.1. The number of carboxylic acid groups (broad SMARTS) is 2. The Morgan fingerprint density at radius 1 is 0.625 bits per heavy atom. The van der Waals surface area contributed by atoms with Gasteiger partial charge in [-0.2, -0.15) is 0 Å². The van der Waals surface area contributed by atoms with Gasteiger partial charge in [-0.3, -0.25) is 0 Å². The van der Waals surface area contributed by atoms with Crippen LogP contribution in [0, 0.1) is 0 Å². The summed E-state index contributed by atoms with van der Waals surface area (Å²) >= 11 is 0. The molecule has 6 N–H and O–H groups in total. The number of phenolic OH excluding ortho intramolecular Hbond substituents is 2. The Kier molecular flexibility index (Phi) is 4.20. The number of carbonyl (C=O) groups is 2. The van der Waals surface area contributed by atoms with Gasteiger partial charge in [0.15, 0.2) is 0 Å². The molecule has 0 aliphatic carbocycles. The van der Waals surface area contributed by atoms with Crippen molar-refractivity contribution in [3.63, 3.8) is 0 Å². The topological polar surface area (TPSA) is 156 Å². The van der Waals surface area contributed by atoms with E-state index in [1.54, 1.807) is 0 Å². The number of benzene rings is 2. The molecule has 0 fully saturated rings. The molecular weight excluding hydrogens is 320 g/mol. The van der Waals surface area contributed by atoms with Crippen molar-refractivity contribution < 1.29 is 40.2 Å². The standard InChI is InChI=1S/C16H14O8/c17-11-5-1-9(2-6-11)15(23,13(19)20)16(24,14(21)22)10-3-7-12(18)8-4-10/h1-8,17-18,23-24H,(H,19,20)(H,21,22). The number of aliphatic hydroxyl groups is 2. The van der Waals surface area contributed by atoms with Gasteiger partial charge in [0.25, 0.3) is 0 Å². The van der Waals surface area contributed by atoms with Crippen molar-refractivity contribution in [2.75, 3.05) is 0 Å². The lowest BCUT2D eigenvalue weighted by Gasteiger charge is -2.37. The smallest absolute Gasteiger partial charge is 0.344 e. The van der Waals surface area contributed by atoms with Crippen LogP contribution in [0.25, 0.3) is 0 Å². The molecule has 0 bridgehead atoms. The molecule has 0 aliphatic rings. The normalized spacial score (nSPS) is 15.9. The van der Waals surface area contributed by atoms with Crippen LogP contribution in [0.3, 0.4) is 0 Å². The highest BCUT2D eigenvalue weighted by Gasteiger charge is 2.63. The predicted molar refractivity (Wildman–Crippen MR) is 79.3 cm³/mol. The largest absolute Gasteiger partial charge is 0.508 e. The van der Waals surface area contributed by atoms with Gasteiger partial charge >= 0.3 is 11.9 Å². The molecule has 0 amide bonds. The van der Waals surface area contributed by atoms with E-state index in [0.717, 1.165) is 48.5 Å². The molecule has 8 heteroatoms. The Hall–Kier alpha value is -3.10. The Bertz CT molecular complexity index is 700. The van der Waals surface area contributed by atoms with E-state index < -0.39 is 34.3 Å². The van der Waals surface area contributed by atoms with Crippen molar-refractivity contribution in [3.05, 3.63) is 59.7 Å². The van der Waals surface area contributed by atoms with Crippen molar-refractivity contribution in [2.24, 2.45) is 0 Å². The third kappa shape index (κ3) is 2.43. The average Bonchev–Trinajstić information content (AvgIpc) is 2.54. The summed E-state index contributed by atoms with van der Waals surface area (Å²) in [5.41, 5.74) is -7.43. The Morgan fingerprint density at radius 3 is 1.08 bits per heavy atom. The molecule has 0 heterocycles.